The summed E-state index contributed by atoms with van der Waals surface area (Å²) in [5, 5.41) is 14.2. The molecule has 1 atom stereocenters. The highest BCUT2D eigenvalue weighted by atomic mass is 32.1. The zero-order valence-corrected chi connectivity index (χ0v) is 10.3. The average Bonchev–Trinajstić information content (AvgIpc) is 2.72. The van der Waals surface area contributed by atoms with Gasteiger partial charge in [-0.1, -0.05) is 0 Å². The minimum atomic E-state index is -0.228. The summed E-state index contributed by atoms with van der Waals surface area (Å²) in [6.07, 6.45) is 2.18. The number of hydrogen-bond acceptors (Lipinski definition) is 2. The van der Waals surface area contributed by atoms with Gasteiger partial charge in [0.1, 0.15) is 0 Å². The molecule has 0 aromatic carbocycles. The van der Waals surface area contributed by atoms with Gasteiger partial charge in [0, 0.05) is 19.8 Å². The van der Waals surface area contributed by atoms with Crippen LogP contribution < -0.4 is 0 Å². The number of rotatable bonds is 2. The van der Waals surface area contributed by atoms with E-state index in [-0.39, 0.29) is 6.23 Å². The summed E-state index contributed by atoms with van der Waals surface area (Å²) in [4.78, 5) is 0. The Kier molecular flexibility index (Phi) is 3.14. The summed E-state index contributed by atoms with van der Waals surface area (Å²) in [7, 11) is 2.16. The van der Waals surface area contributed by atoms with Gasteiger partial charge in [-0.25, -0.2) is 0 Å². The highest BCUT2D eigenvalue weighted by Crippen LogP contribution is 2.32. The van der Waals surface area contributed by atoms with Crippen molar-refractivity contribution in [3.63, 3.8) is 0 Å². The molecule has 1 saturated heterocycles. The predicted octanol–water partition coefficient (Wildman–Crippen LogP) is 2.41. The average molecular weight is 226 g/mol. The lowest BCUT2D eigenvalue weighted by molar-refractivity contribution is -0.956. The molecule has 15 heavy (non-hydrogen) atoms. The fraction of sp³-hybridized carbons (Fsp3) is 0.667. The van der Waals surface area contributed by atoms with Gasteiger partial charge >= 0.3 is 0 Å². The Morgan fingerprint density at radius 3 is 2.60 bits per heavy atom. The predicted molar refractivity (Wildman–Crippen MR) is 63.9 cm³/mol. The van der Waals surface area contributed by atoms with Crippen molar-refractivity contribution in [2.75, 3.05) is 20.1 Å². The van der Waals surface area contributed by atoms with E-state index in [0.29, 0.717) is 0 Å². The molecule has 1 N–H and O–H groups in total. The van der Waals surface area contributed by atoms with Crippen molar-refractivity contribution in [1.82, 2.24) is 0 Å². The first-order valence-corrected chi connectivity index (χ1v) is 6.60. The minimum Gasteiger partial charge on any atom is -0.345 e. The van der Waals surface area contributed by atoms with Gasteiger partial charge < -0.3 is 9.59 Å². The maximum Gasteiger partial charge on any atom is 0.187 e. The van der Waals surface area contributed by atoms with Crippen molar-refractivity contribution in [3.8, 4) is 0 Å². The van der Waals surface area contributed by atoms with Crippen LogP contribution in [0.1, 0.15) is 31.2 Å². The molecule has 0 amide bonds. The van der Waals surface area contributed by atoms with Gasteiger partial charge in [0.15, 0.2) is 6.23 Å². The van der Waals surface area contributed by atoms with Crippen LogP contribution in [0.3, 0.4) is 0 Å². The molecule has 1 aliphatic rings. The molecule has 1 aliphatic heterocycles. The van der Waals surface area contributed by atoms with E-state index < -0.39 is 0 Å². The smallest absolute Gasteiger partial charge is 0.187 e. The number of likely N-dealkylation sites (tertiary alicyclic amines) is 1. The molecule has 1 fully saturated rings. The van der Waals surface area contributed by atoms with Crippen LogP contribution in [0.4, 0.5) is 0 Å². The first-order valence-electron chi connectivity index (χ1n) is 5.66. The van der Waals surface area contributed by atoms with Crippen molar-refractivity contribution >= 4 is 11.3 Å². The van der Waals surface area contributed by atoms with Crippen LogP contribution in [0, 0.1) is 0 Å². The van der Waals surface area contributed by atoms with E-state index in [2.05, 4.69) is 23.9 Å². The molecule has 0 bridgehead atoms. The normalized spacial score (nSPS) is 33.9. The van der Waals surface area contributed by atoms with E-state index in [1.165, 1.54) is 18.4 Å². The van der Waals surface area contributed by atoms with Gasteiger partial charge in [0.2, 0.25) is 0 Å². The van der Waals surface area contributed by atoms with Crippen molar-refractivity contribution in [3.05, 3.63) is 22.4 Å². The Morgan fingerprint density at radius 2 is 2.13 bits per heavy atom. The number of piperidine rings is 1. The molecule has 2 heterocycles. The lowest BCUT2D eigenvalue weighted by Crippen LogP contribution is -2.54. The summed E-state index contributed by atoms with van der Waals surface area (Å²) in [5.41, 5.74) is 1.50. The Balaban J connectivity index is 1.98. The van der Waals surface area contributed by atoms with Gasteiger partial charge in [-0.15, -0.1) is 0 Å². The quantitative estimate of drug-likeness (QED) is 0.768. The molecule has 1 aromatic heterocycles. The molecular formula is C12H20NOS+. The van der Waals surface area contributed by atoms with Crippen LogP contribution in [0.25, 0.3) is 0 Å². The standard InChI is InChI=1S/C12H20NOS/c1-10(14)13(2)6-3-11(4-7-13)12-5-8-15-9-12/h5,8-11,14H,3-4,6-7H2,1-2H3/q+1. The number of nitrogens with zero attached hydrogens (tertiary/aromatic N) is 1. The number of hydrogen-bond donors (Lipinski definition) is 1. The Hall–Kier alpha value is -0.380. The third-order valence-corrected chi connectivity index (χ3v) is 4.59. The van der Waals surface area contributed by atoms with Gasteiger partial charge in [0.05, 0.1) is 20.1 Å². The zero-order chi connectivity index (χ0) is 10.9. The fourth-order valence-corrected chi connectivity index (χ4v) is 3.11. The molecule has 1 aromatic rings. The molecular weight excluding hydrogens is 206 g/mol. The van der Waals surface area contributed by atoms with Crippen molar-refractivity contribution in [2.24, 2.45) is 0 Å². The van der Waals surface area contributed by atoms with Gasteiger partial charge in [-0.2, -0.15) is 11.3 Å². The topological polar surface area (TPSA) is 20.2 Å². The molecule has 3 heteroatoms. The third kappa shape index (κ3) is 2.25. The van der Waals surface area contributed by atoms with Crippen molar-refractivity contribution in [1.29, 1.82) is 0 Å². The monoisotopic (exact) mass is 226 g/mol. The Bertz CT molecular complexity index is 299. The summed E-state index contributed by atoms with van der Waals surface area (Å²) >= 11 is 1.78. The lowest BCUT2D eigenvalue weighted by Gasteiger charge is -2.42. The first-order chi connectivity index (χ1) is 7.12. The fourth-order valence-electron chi connectivity index (χ4n) is 2.37. The van der Waals surface area contributed by atoms with Crippen molar-refractivity contribution < 1.29 is 9.59 Å². The van der Waals surface area contributed by atoms with E-state index in [9.17, 15) is 5.11 Å². The Morgan fingerprint density at radius 1 is 1.47 bits per heavy atom. The van der Waals surface area contributed by atoms with Crippen LogP contribution in [0.2, 0.25) is 0 Å². The molecule has 0 saturated carbocycles. The van der Waals surface area contributed by atoms with E-state index in [1.54, 1.807) is 11.3 Å². The number of aliphatic hydroxyl groups excluding tert-OH is 1. The third-order valence-electron chi connectivity index (χ3n) is 3.89. The summed E-state index contributed by atoms with van der Waals surface area (Å²) in [6.45, 7) is 4.10. The number of quaternary nitrogens is 1. The molecule has 84 valence electrons. The van der Waals surface area contributed by atoms with Crippen LogP contribution in [0.5, 0.6) is 0 Å². The maximum atomic E-state index is 9.73. The van der Waals surface area contributed by atoms with Crippen LogP contribution in [-0.4, -0.2) is 36.0 Å². The van der Waals surface area contributed by atoms with E-state index in [1.807, 2.05) is 6.92 Å². The SMILES string of the molecule is CC(O)[N+]1(C)CCC(c2ccsc2)CC1. The van der Waals surface area contributed by atoms with Crippen LogP contribution in [0.15, 0.2) is 16.8 Å². The highest BCUT2D eigenvalue weighted by Gasteiger charge is 2.34. The number of thiophene rings is 1. The molecule has 0 spiro atoms. The summed E-state index contributed by atoms with van der Waals surface area (Å²) in [6, 6.07) is 2.24. The van der Waals surface area contributed by atoms with Gasteiger partial charge in [0.25, 0.3) is 0 Å². The van der Waals surface area contributed by atoms with E-state index in [0.717, 1.165) is 23.5 Å². The maximum absolute atomic E-state index is 9.73. The zero-order valence-electron chi connectivity index (χ0n) is 9.52. The summed E-state index contributed by atoms with van der Waals surface area (Å²) in [5.74, 6) is 0.723. The molecule has 1 unspecified atom stereocenters. The van der Waals surface area contributed by atoms with Crippen molar-refractivity contribution in [2.45, 2.75) is 31.9 Å². The lowest BCUT2D eigenvalue weighted by atomic mass is 9.90. The molecule has 0 radical (unpaired) electrons. The second-order valence-corrected chi connectivity index (χ2v) is 5.67. The number of aliphatic hydroxyl groups is 1. The van der Waals surface area contributed by atoms with Gasteiger partial charge in [-0.3, -0.25) is 0 Å². The highest BCUT2D eigenvalue weighted by molar-refractivity contribution is 7.07. The van der Waals surface area contributed by atoms with Crippen LogP contribution in [-0.2, 0) is 0 Å². The minimum absolute atomic E-state index is 0.228. The molecule has 2 nitrogen and oxygen atoms in total. The first kappa shape index (κ1) is 11.1. The Labute approximate surface area is 95.7 Å². The van der Waals surface area contributed by atoms with Crippen LogP contribution >= 0.6 is 11.3 Å². The molecule has 2 rings (SSSR count). The van der Waals surface area contributed by atoms with Gasteiger partial charge in [-0.05, 0) is 28.3 Å². The van der Waals surface area contributed by atoms with E-state index >= 15 is 0 Å². The summed E-state index contributed by atoms with van der Waals surface area (Å²) < 4.78 is 0.820. The second kappa shape index (κ2) is 4.24. The largest absolute Gasteiger partial charge is 0.345 e. The second-order valence-electron chi connectivity index (χ2n) is 4.89. The molecule has 0 aliphatic carbocycles. The van der Waals surface area contributed by atoms with E-state index in [4.69, 9.17) is 0 Å².